The molecule has 2 rings (SSSR count). The molecule has 0 aliphatic carbocycles. The normalized spacial score (nSPS) is 15.1. The van der Waals surface area contributed by atoms with Gasteiger partial charge in [0.1, 0.15) is 0 Å². The number of Topliss-reactive ketones (excluding diaryl/α,β-unsaturated/α-hetero) is 1. The molecule has 0 radical (unpaired) electrons. The average molecular weight is 210 g/mol. The Hall–Kier alpha value is -1.16. The molecule has 0 spiro atoms. The number of ether oxygens (including phenoxy) is 1. The Balaban J connectivity index is 2.54. The van der Waals surface area contributed by atoms with Crippen LogP contribution in [0.1, 0.15) is 16.8 Å². The van der Waals surface area contributed by atoms with E-state index in [0.29, 0.717) is 17.7 Å². The maximum absolute atomic E-state index is 11.5. The van der Waals surface area contributed by atoms with Gasteiger partial charge < -0.3 is 9.84 Å². The zero-order chi connectivity index (χ0) is 10.1. The van der Waals surface area contributed by atoms with Gasteiger partial charge in [0.25, 0.3) is 0 Å². The van der Waals surface area contributed by atoms with Gasteiger partial charge in [-0.25, -0.2) is 0 Å². The third kappa shape index (κ3) is 1.46. The van der Waals surface area contributed by atoms with Gasteiger partial charge in [0.05, 0.1) is 7.11 Å². The lowest BCUT2D eigenvalue weighted by Crippen LogP contribution is -2.08. The molecular formula is C10H10O3S. The molecule has 0 bridgehead atoms. The van der Waals surface area contributed by atoms with Crippen LogP contribution in [0, 0.1) is 0 Å². The minimum Gasteiger partial charge on any atom is -0.504 e. The van der Waals surface area contributed by atoms with E-state index in [4.69, 9.17) is 4.74 Å². The zero-order valence-corrected chi connectivity index (χ0v) is 8.56. The molecule has 1 aliphatic heterocycles. The number of aromatic hydroxyl groups is 1. The van der Waals surface area contributed by atoms with Crippen LogP contribution in [-0.4, -0.2) is 23.8 Å². The first-order valence-corrected chi connectivity index (χ1v) is 5.28. The highest BCUT2D eigenvalue weighted by Crippen LogP contribution is 2.37. The molecule has 0 saturated heterocycles. The van der Waals surface area contributed by atoms with Crippen LogP contribution in [-0.2, 0) is 0 Å². The Morgan fingerprint density at radius 3 is 3.00 bits per heavy atom. The van der Waals surface area contributed by atoms with Crippen molar-refractivity contribution < 1.29 is 14.6 Å². The molecule has 14 heavy (non-hydrogen) atoms. The summed E-state index contributed by atoms with van der Waals surface area (Å²) in [7, 11) is 1.47. The SMILES string of the molecule is COc1cc2c(cc1O)SCCC2=O. The molecular weight excluding hydrogens is 200 g/mol. The van der Waals surface area contributed by atoms with Crippen molar-refractivity contribution in [2.24, 2.45) is 0 Å². The number of hydrogen-bond donors (Lipinski definition) is 1. The van der Waals surface area contributed by atoms with E-state index in [1.54, 1.807) is 23.9 Å². The summed E-state index contributed by atoms with van der Waals surface area (Å²) in [6, 6.07) is 3.20. The Morgan fingerprint density at radius 1 is 1.50 bits per heavy atom. The van der Waals surface area contributed by atoms with Crippen molar-refractivity contribution in [1.29, 1.82) is 0 Å². The zero-order valence-electron chi connectivity index (χ0n) is 7.74. The van der Waals surface area contributed by atoms with E-state index >= 15 is 0 Å². The van der Waals surface area contributed by atoms with Crippen LogP contribution in [0.5, 0.6) is 11.5 Å². The summed E-state index contributed by atoms with van der Waals surface area (Å²) in [5, 5.41) is 9.50. The van der Waals surface area contributed by atoms with Gasteiger partial charge in [0, 0.05) is 22.6 Å². The maximum atomic E-state index is 11.5. The third-order valence-electron chi connectivity index (χ3n) is 2.17. The Bertz CT molecular complexity index is 387. The fraction of sp³-hybridized carbons (Fsp3) is 0.300. The Morgan fingerprint density at radius 2 is 2.29 bits per heavy atom. The Kier molecular flexibility index (Phi) is 2.37. The number of hydrogen-bond acceptors (Lipinski definition) is 4. The number of carbonyl (C=O) groups excluding carboxylic acids is 1. The van der Waals surface area contributed by atoms with Gasteiger partial charge in [-0.15, -0.1) is 11.8 Å². The minimum atomic E-state index is 0.0912. The van der Waals surface area contributed by atoms with Gasteiger partial charge in [-0.3, -0.25) is 4.79 Å². The third-order valence-corrected chi connectivity index (χ3v) is 3.23. The van der Waals surface area contributed by atoms with Crippen molar-refractivity contribution in [3.05, 3.63) is 17.7 Å². The predicted octanol–water partition coefficient (Wildman–Crippen LogP) is 2.08. The van der Waals surface area contributed by atoms with Crippen LogP contribution < -0.4 is 4.74 Å². The van der Waals surface area contributed by atoms with Crippen LogP contribution in [0.3, 0.4) is 0 Å². The molecule has 0 amide bonds. The van der Waals surface area contributed by atoms with Gasteiger partial charge >= 0.3 is 0 Å². The van der Waals surface area contributed by atoms with Crippen molar-refractivity contribution in [1.82, 2.24) is 0 Å². The second kappa shape index (κ2) is 3.53. The molecule has 0 unspecified atom stereocenters. The molecule has 1 aromatic carbocycles. The van der Waals surface area contributed by atoms with Gasteiger partial charge in [0.2, 0.25) is 0 Å². The predicted molar refractivity (Wildman–Crippen MR) is 54.3 cm³/mol. The first-order valence-electron chi connectivity index (χ1n) is 4.29. The van der Waals surface area contributed by atoms with Crippen molar-refractivity contribution in [2.75, 3.05) is 12.9 Å². The lowest BCUT2D eigenvalue weighted by molar-refractivity contribution is 0.0984. The number of phenolic OH excluding ortho intramolecular Hbond substituents is 1. The topological polar surface area (TPSA) is 46.5 Å². The summed E-state index contributed by atoms with van der Waals surface area (Å²) in [6.45, 7) is 0. The molecule has 1 heterocycles. The highest BCUT2D eigenvalue weighted by atomic mass is 32.2. The number of methoxy groups -OCH3 is 1. The number of rotatable bonds is 1. The molecule has 0 saturated carbocycles. The molecule has 0 fully saturated rings. The lowest BCUT2D eigenvalue weighted by Gasteiger charge is -2.15. The second-order valence-electron chi connectivity index (χ2n) is 3.04. The maximum Gasteiger partial charge on any atom is 0.164 e. The largest absolute Gasteiger partial charge is 0.504 e. The van der Waals surface area contributed by atoms with E-state index in [9.17, 15) is 9.90 Å². The van der Waals surface area contributed by atoms with Gasteiger partial charge in [-0.2, -0.15) is 0 Å². The fourth-order valence-electron chi connectivity index (χ4n) is 1.44. The number of phenols is 1. The van der Waals surface area contributed by atoms with Crippen molar-refractivity contribution in [3.63, 3.8) is 0 Å². The molecule has 1 aromatic rings. The summed E-state index contributed by atoms with van der Waals surface area (Å²) >= 11 is 1.59. The summed E-state index contributed by atoms with van der Waals surface area (Å²) in [4.78, 5) is 12.4. The van der Waals surface area contributed by atoms with E-state index in [0.717, 1.165) is 10.6 Å². The van der Waals surface area contributed by atoms with Crippen molar-refractivity contribution >= 4 is 17.5 Å². The number of carbonyl (C=O) groups is 1. The number of thioether (sulfide) groups is 1. The average Bonchev–Trinajstić information content (AvgIpc) is 2.17. The van der Waals surface area contributed by atoms with Crippen LogP contribution in [0.4, 0.5) is 0 Å². The van der Waals surface area contributed by atoms with E-state index in [1.165, 1.54) is 7.11 Å². The summed E-state index contributed by atoms with van der Waals surface area (Å²) in [5.74, 6) is 1.36. The standard InChI is InChI=1S/C10H10O3S/c1-13-9-4-6-7(11)2-3-14-10(6)5-8(9)12/h4-5,12H,2-3H2,1H3. The second-order valence-corrected chi connectivity index (χ2v) is 4.18. The van der Waals surface area contributed by atoms with Gasteiger partial charge in [0.15, 0.2) is 17.3 Å². The molecule has 4 heteroatoms. The summed E-state index contributed by atoms with van der Waals surface area (Å²) in [6.07, 6.45) is 0.561. The van der Waals surface area contributed by atoms with E-state index in [2.05, 4.69) is 0 Å². The van der Waals surface area contributed by atoms with Crippen molar-refractivity contribution in [3.8, 4) is 11.5 Å². The summed E-state index contributed by atoms with van der Waals surface area (Å²) < 4.78 is 4.95. The smallest absolute Gasteiger partial charge is 0.164 e. The number of ketones is 1. The lowest BCUT2D eigenvalue weighted by atomic mass is 10.1. The molecule has 1 N–H and O–H groups in total. The van der Waals surface area contributed by atoms with Crippen LogP contribution in [0.15, 0.2) is 17.0 Å². The van der Waals surface area contributed by atoms with Crippen molar-refractivity contribution in [2.45, 2.75) is 11.3 Å². The molecule has 3 nitrogen and oxygen atoms in total. The van der Waals surface area contributed by atoms with Crippen LogP contribution in [0.25, 0.3) is 0 Å². The van der Waals surface area contributed by atoms with E-state index in [1.807, 2.05) is 0 Å². The summed E-state index contributed by atoms with van der Waals surface area (Å²) in [5.41, 5.74) is 0.663. The minimum absolute atomic E-state index is 0.0912. The first-order chi connectivity index (χ1) is 6.72. The van der Waals surface area contributed by atoms with E-state index in [-0.39, 0.29) is 11.5 Å². The fourth-order valence-corrected chi connectivity index (χ4v) is 2.47. The number of benzene rings is 1. The highest BCUT2D eigenvalue weighted by Gasteiger charge is 2.20. The van der Waals surface area contributed by atoms with Crippen LogP contribution in [0.2, 0.25) is 0 Å². The number of fused-ring (bicyclic) bond motifs is 1. The monoisotopic (exact) mass is 210 g/mol. The molecule has 0 atom stereocenters. The quantitative estimate of drug-likeness (QED) is 0.770. The first kappa shape index (κ1) is 9.40. The Labute approximate surface area is 86.1 Å². The van der Waals surface area contributed by atoms with Gasteiger partial charge in [-0.1, -0.05) is 0 Å². The molecule has 74 valence electrons. The van der Waals surface area contributed by atoms with Gasteiger partial charge in [-0.05, 0) is 12.1 Å². The molecule has 1 aliphatic rings. The highest BCUT2D eigenvalue weighted by molar-refractivity contribution is 7.99. The van der Waals surface area contributed by atoms with E-state index < -0.39 is 0 Å². The van der Waals surface area contributed by atoms with Crippen LogP contribution >= 0.6 is 11.8 Å². The molecule has 0 aromatic heterocycles.